The first-order valence-corrected chi connectivity index (χ1v) is 12.7. The monoisotopic (exact) mass is 555 g/mol. The summed E-state index contributed by atoms with van der Waals surface area (Å²) in [5, 5.41) is 0.756. The number of allylic oxidation sites excluding steroid dienone is 1. The maximum atomic E-state index is 13.5. The Kier molecular flexibility index (Phi) is 6.37. The Morgan fingerprint density at radius 1 is 0.854 bits per heavy atom. The second-order valence-corrected chi connectivity index (χ2v) is 9.46. The van der Waals surface area contributed by atoms with Crippen LogP contribution in [0.3, 0.4) is 0 Å². The van der Waals surface area contributed by atoms with Gasteiger partial charge in [0.25, 0.3) is 5.56 Å². The summed E-state index contributed by atoms with van der Waals surface area (Å²) in [5.41, 5.74) is 1.85. The van der Waals surface area contributed by atoms with Gasteiger partial charge in [-0.05, 0) is 53.9 Å². The smallest absolute Gasteiger partial charge is 0.312 e. The lowest BCUT2D eigenvalue weighted by Gasteiger charge is -2.26. The molecule has 0 spiro atoms. The van der Waals surface area contributed by atoms with E-state index in [2.05, 4.69) is 4.98 Å². The van der Waals surface area contributed by atoms with Crippen molar-refractivity contribution >= 4 is 28.7 Å². The van der Waals surface area contributed by atoms with Crippen LogP contribution in [0.1, 0.15) is 39.4 Å². The van der Waals surface area contributed by atoms with Crippen LogP contribution in [0.15, 0.2) is 59.1 Å². The molecule has 10 nitrogen and oxygen atoms in total. The number of esters is 1. The Bertz CT molecular complexity index is 1840. The Balaban J connectivity index is 1.47. The van der Waals surface area contributed by atoms with E-state index in [9.17, 15) is 14.4 Å². The molecule has 1 N–H and O–H groups in total. The number of Topliss-reactive ketones (excluding diaryl/α,β-unsaturated/α-hetero) is 1. The number of nitrogens with one attached hydrogen (secondary N) is 1. The number of hydrogen-bond acceptors (Lipinski definition) is 9. The van der Waals surface area contributed by atoms with Crippen molar-refractivity contribution in [3.05, 3.63) is 86.9 Å². The first-order valence-electron chi connectivity index (χ1n) is 12.7. The van der Waals surface area contributed by atoms with Gasteiger partial charge < -0.3 is 33.4 Å². The van der Waals surface area contributed by atoms with Crippen molar-refractivity contribution in [2.24, 2.45) is 0 Å². The molecule has 0 amide bonds. The molecule has 0 fully saturated rings. The predicted octanol–water partition coefficient (Wildman–Crippen LogP) is 4.62. The molecule has 1 unspecified atom stereocenters. The number of carbonyl (C=O) groups is 2. The van der Waals surface area contributed by atoms with Gasteiger partial charge in [0.05, 0.1) is 45.9 Å². The third-order valence-electron chi connectivity index (χ3n) is 7.26. The van der Waals surface area contributed by atoms with E-state index in [1.54, 1.807) is 55.7 Å². The van der Waals surface area contributed by atoms with Gasteiger partial charge in [-0.1, -0.05) is 0 Å². The van der Waals surface area contributed by atoms with Gasteiger partial charge in [0.15, 0.2) is 17.3 Å². The molecule has 6 rings (SSSR count). The van der Waals surface area contributed by atoms with Gasteiger partial charge in [0.2, 0.25) is 11.5 Å². The zero-order valence-electron chi connectivity index (χ0n) is 22.7. The van der Waals surface area contributed by atoms with Gasteiger partial charge >= 0.3 is 5.97 Å². The summed E-state index contributed by atoms with van der Waals surface area (Å²) in [4.78, 5) is 42.3. The average Bonchev–Trinajstić information content (AvgIpc) is 3.30. The SMILES string of the molecule is COc1ccc2cc(C3CC(=O)Oc4ccc5c(c43)O/C(=C/c3ccc(OC)c(OC)c3OC)C5=O)c(=O)[nH]c2c1. The first kappa shape index (κ1) is 26.0. The number of rotatable bonds is 6. The molecule has 3 aromatic carbocycles. The van der Waals surface area contributed by atoms with Crippen molar-refractivity contribution < 1.29 is 38.0 Å². The summed E-state index contributed by atoms with van der Waals surface area (Å²) in [6, 6.07) is 13.6. The average molecular weight is 556 g/mol. The molecule has 3 heterocycles. The molecule has 41 heavy (non-hydrogen) atoms. The van der Waals surface area contributed by atoms with Gasteiger partial charge in [-0.2, -0.15) is 0 Å². The molecule has 1 atom stereocenters. The van der Waals surface area contributed by atoms with Gasteiger partial charge in [-0.25, -0.2) is 0 Å². The number of pyridine rings is 1. The summed E-state index contributed by atoms with van der Waals surface area (Å²) < 4.78 is 33.3. The second kappa shape index (κ2) is 10.1. The van der Waals surface area contributed by atoms with Crippen LogP contribution in [-0.4, -0.2) is 45.2 Å². The van der Waals surface area contributed by atoms with E-state index in [4.69, 9.17) is 28.4 Å². The summed E-state index contributed by atoms with van der Waals surface area (Å²) in [5.74, 6) is 0.732. The summed E-state index contributed by atoms with van der Waals surface area (Å²) in [6.07, 6.45) is 1.45. The fourth-order valence-corrected chi connectivity index (χ4v) is 5.33. The third-order valence-corrected chi connectivity index (χ3v) is 7.26. The van der Waals surface area contributed by atoms with Crippen LogP contribution in [0.5, 0.6) is 34.5 Å². The molecule has 0 saturated carbocycles. The Labute approximate surface area is 234 Å². The van der Waals surface area contributed by atoms with Crippen LogP contribution in [0.4, 0.5) is 0 Å². The highest BCUT2D eigenvalue weighted by atomic mass is 16.5. The Hall–Kier alpha value is -5.25. The molecular formula is C31H25NO9. The van der Waals surface area contributed by atoms with Gasteiger partial charge in [-0.3, -0.25) is 14.4 Å². The number of aromatic nitrogens is 1. The Morgan fingerprint density at radius 2 is 1.66 bits per heavy atom. The number of aromatic amines is 1. The molecule has 2 aliphatic rings. The first-order chi connectivity index (χ1) is 19.9. The van der Waals surface area contributed by atoms with Crippen LogP contribution in [0.25, 0.3) is 17.0 Å². The highest BCUT2D eigenvalue weighted by molar-refractivity contribution is 6.15. The van der Waals surface area contributed by atoms with E-state index >= 15 is 0 Å². The third kappa shape index (κ3) is 4.24. The zero-order chi connectivity index (χ0) is 28.8. The molecule has 208 valence electrons. The second-order valence-electron chi connectivity index (χ2n) is 9.46. The lowest BCUT2D eigenvalue weighted by atomic mass is 9.85. The lowest BCUT2D eigenvalue weighted by Crippen LogP contribution is -2.26. The standard InChI is InChI=1S/C31H25NO9/c1-36-17-7-5-15-11-20(31(35)32-21(15)13-17)19-14-25(33)40-22-10-8-18-27(34)24(41-29(18)26(19)22)12-16-6-9-23(37-2)30(39-4)28(16)38-3/h5-13,19H,14H2,1-4H3,(H,32,35)/b24-12+. The van der Waals surface area contributed by atoms with Crippen molar-refractivity contribution in [3.8, 4) is 34.5 Å². The number of carbonyl (C=O) groups excluding carboxylic acids is 2. The van der Waals surface area contributed by atoms with E-state index < -0.39 is 11.9 Å². The number of H-pyrrole nitrogens is 1. The molecular weight excluding hydrogens is 530 g/mol. The topological polar surface area (TPSA) is 122 Å². The van der Waals surface area contributed by atoms with Crippen molar-refractivity contribution in [3.63, 3.8) is 0 Å². The minimum Gasteiger partial charge on any atom is -0.497 e. The molecule has 0 radical (unpaired) electrons. The quantitative estimate of drug-likeness (QED) is 0.206. The van der Waals surface area contributed by atoms with E-state index in [-0.39, 0.29) is 35.0 Å². The van der Waals surface area contributed by atoms with E-state index in [0.29, 0.717) is 50.8 Å². The molecule has 10 heteroatoms. The van der Waals surface area contributed by atoms with E-state index in [1.165, 1.54) is 21.3 Å². The molecule has 2 aliphatic heterocycles. The molecule has 0 aliphatic carbocycles. The largest absolute Gasteiger partial charge is 0.497 e. The molecule has 4 aromatic rings. The number of fused-ring (bicyclic) bond motifs is 4. The summed E-state index contributed by atoms with van der Waals surface area (Å²) >= 11 is 0. The highest BCUT2D eigenvalue weighted by Crippen LogP contribution is 2.49. The fraction of sp³-hybridized carbons (Fsp3) is 0.194. The minimum absolute atomic E-state index is 0.0362. The maximum absolute atomic E-state index is 13.5. The molecule has 0 bridgehead atoms. The number of benzene rings is 3. The van der Waals surface area contributed by atoms with Crippen molar-refractivity contribution in [2.75, 3.05) is 28.4 Å². The Morgan fingerprint density at radius 3 is 2.39 bits per heavy atom. The van der Waals surface area contributed by atoms with Crippen LogP contribution in [0, 0.1) is 0 Å². The lowest BCUT2D eigenvalue weighted by molar-refractivity contribution is -0.135. The number of ketones is 1. The fourth-order valence-electron chi connectivity index (χ4n) is 5.33. The molecule has 0 saturated heterocycles. The maximum Gasteiger partial charge on any atom is 0.312 e. The molecule has 1 aromatic heterocycles. The number of ether oxygens (including phenoxy) is 6. The van der Waals surface area contributed by atoms with Crippen molar-refractivity contribution in [1.29, 1.82) is 0 Å². The van der Waals surface area contributed by atoms with Gasteiger partial charge in [0.1, 0.15) is 17.2 Å². The van der Waals surface area contributed by atoms with Crippen LogP contribution in [0.2, 0.25) is 0 Å². The predicted molar refractivity (Wildman–Crippen MR) is 149 cm³/mol. The van der Waals surface area contributed by atoms with E-state index in [1.807, 2.05) is 6.07 Å². The van der Waals surface area contributed by atoms with Crippen molar-refractivity contribution in [1.82, 2.24) is 4.98 Å². The summed E-state index contributed by atoms with van der Waals surface area (Å²) in [6.45, 7) is 0. The van der Waals surface area contributed by atoms with Crippen LogP contribution >= 0.6 is 0 Å². The van der Waals surface area contributed by atoms with Crippen LogP contribution in [-0.2, 0) is 4.79 Å². The van der Waals surface area contributed by atoms with Gasteiger partial charge in [-0.15, -0.1) is 0 Å². The highest BCUT2D eigenvalue weighted by Gasteiger charge is 2.39. The van der Waals surface area contributed by atoms with Gasteiger partial charge in [0, 0.05) is 28.7 Å². The normalized spacial score (nSPS) is 16.6. The van der Waals surface area contributed by atoms with E-state index in [0.717, 1.165) is 5.39 Å². The number of methoxy groups -OCH3 is 4. The van der Waals surface area contributed by atoms with Crippen LogP contribution < -0.4 is 34.0 Å². The zero-order valence-corrected chi connectivity index (χ0v) is 22.7. The summed E-state index contributed by atoms with van der Waals surface area (Å²) in [7, 11) is 6.03. The van der Waals surface area contributed by atoms with Crippen molar-refractivity contribution in [2.45, 2.75) is 12.3 Å². The number of hydrogen-bond donors (Lipinski definition) is 1. The minimum atomic E-state index is -0.709.